The molecule has 2 aromatic rings. The monoisotopic (exact) mass is 353 g/mol. The van der Waals surface area contributed by atoms with Crippen LogP contribution in [0.4, 0.5) is 5.82 Å². The molecule has 0 radical (unpaired) electrons. The number of amides is 1. The average molecular weight is 353 g/mol. The summed E-state index contributed by atoms with van der Waals surface area (Å²) >= 11 is 0. The van der Waals surface area contributed by atoms with E-state index in [9.17, 15) is 9.90 Å². The van der Waals surface area contributed by atoms with Crippen LogP contribution in [0.2, 0.25) is 0 Å². The minimum Gasteiger partial charge on any atom is -0.383 e. The van der Waals surface area contributed by atoms with Gasteiger partial charge in [0.1, 0.15) is 22.9 Å². The summed E-state index contributed by atoms with van der Waals surface area (Å²) in [5.41, 5.74) is 2.29. The molecule has 7 heteroatoms. The molecule has 0 unspecified atom stereocenters. The van der Waals surface area contributed by atoms with Crippen LogP contribution < -0.4 is 10.2 Å². The molecule has 0 spiro atoms. The van der Waals surface area contributed by atoms with Gasteiger partial charge in [-0.2, -0.15) is 0 Å². The Balaban J connectivity index is 1.59. The Hall–Kier alpha value is -2.54. The van der Waals surface area contributed by atoms with E-state index in [1.54, 1.807) is 6.20 Å². The number of carbonyl (C=O) groups is 1. The summed E-state index contributed by atoms with van der Waals surface area (Å²) in [7, 11) is 0. The first-order chi connectivity index (χ1) is 12.5. The number of hydrogen-bond acceptors (Lipinski definition) is 6. The first-order valence-electron chi connectivity index (χ1n) is 9.02. The van der Waals surface area contributed by atoms with Crippen LogP contribution in [-0.4, -0.2) is 45.6 Å². The molecule has 0 aliphatic carbocycles. The molecule has 2 aliphatic heterocycles. The zero-order valence-corrected chi connectivity index (χ0v) is 15.1. The van der Waals surface area contributed by atoms with Gasteiger partial charge in [0.15, 0.2) is 0 Å². The largest absolute Gasteiger partial charge is 0.383 e. The summed E-state index contributed by atoms with van der Waals surface area (Å²) < 4.78 is 0. The zero-order chi connectivity index (χ0) is 18.3. The van der Waals surface area contributed by atoms with Crippen LogP contribution in [0.1, 0.15) is 46.0 Å². The number of rotatable bonds is 2. The summed E-state index contributed by atoms with van der Waals surface area (Å²) in [4.78, 5) is 27.6. The van der Waals surface area contributed by atoms with Crippen LogP contribution in [-0.2, 0) is 12.0 Å². The number of nitrogens with zero attached hydrogens (tertiary/aromatic N) is 4. The number of aryl methyl sites for hydroxylation is 2. The van der Waals surface area contributed by atoms with Gasteiger partial charge in [-0.15, -0.1) is 0 Å². The van der Waals surface area contributed by atoms with Gasteiger partial charge < -0.3 is 15.3 Å². The number of pyridine rings is 1. The van der Waals surface area contributed by atoms with Crippen LogP contribution in [0.5, 0.6) is 0 Å². The molecule has 7 nitrogen and oxygen atoms in total. The first-order valence-corrected chi connectivity index (χ1v) is 9.02. The van der Waals surface area contributed by atoms with Gasteiger partial charge in [0.25, 0.3) is 5.91 Å². The molecule has 0 bridgehead atoms. The van der Waals surface area contributed by atoms with E-state index >= 15 is 0 Å². The van der Waals surface area contributed by atoms with E-state index in [1.165, 1.54) is 0 Å². The highest BCUT2D eigenvalue weighted by Gasteiger charge is 2.37. The van der Waals surface area contributed by atoms with Crippen molar-refractivity contribution in [1.82, 2.24) is 20.3 Å². The van der Waals surface area contributed by atoms with E-state index in [-0.39, 0.29) is 5.91 Å². The van der Waals surface area contributed by atoms with Crippen molar-refractivity contribution in [3.63, 3.8) is 0 Å². The quantitative estimate of drug-likeness (QED) is 0.845. The molecule has 0 saturated carbocycles. The van der Waals surface area contributed by atoms with Crippen LogP contribution in [0, 0.1) is 13.8 Å². The molecule has 2 aromatic heterocycles. The Bertz CT molecular complexity index is 842. The lowest BCUT2D eigenvalue weighted by Gasteiger charge is -2.39. The van der Waals surface area contributed by atoms with E-state index in [0.717, 1.165) is 29.1 Å². The highest BCUT2D eigenvalue weighted by Crippen LogP contribution is 2.34. The maximum atomic E-state index is 12.1. The molecule has 2 N–H and O–H groups in total. The van der Waals surface area contributed by atoms with Gasteiger partial charge in [0.05, 0.1) is 5.69 Å². The van der Waals surface area contributed by atoms with Crippen LogP contribution in [0.3, 0.4) is 0 Å². The molecule has 0 aromatic carbocycles. The Morgan fingerprint density at radius 1 is 1.19 bits per heavy atom. The second-order valence-electron chi connectivity index (χ2n) is 7.17. The topological polar surface area (TPSA) is 91.2 Å². The highest BCUT2D eigenvalue weighted by molar-refractivity contribution is 5.96. The molecule has 4 rings (SSSR count). The summed E-state index contributed by atoms with van der Waals surface area (Å²) in [5, 5.41) is 13.9. The molecular weight excluding hydrogens is 330 g/mol. The van der Waals surface area contributed by atoms with Crippen molar-refractivity contribution in [1.29, 1.82) is 0 Å². The predicted octanol–water partition coefficient (Wildman–Crippen LogP) is 1.26. The highest BCUT2D eigenvalue weighted by atomic mass is 16.3. The van der Waals surface area contributed by atoms with Crippen molar-refractivity contribution >= 4 is 11.7 Å². The van der Waals surface area contributed by atoms with Gasteiger partial charge in [-0.05, 0) is 44.7 Å². The van der Waals surface area contributed by atoms with Crippen molar-refractivity contribution in [2.75, 3.05) is 24.5 Å². The maximum Gasteiger partial charge on any atom is 0.270 e. The maximum absolute atomic E-state index is 12.1. The van der Waals surface area contributed by atoms with E-state index in [1.807, 2.05) is 26.0 Å². The number of anilines is 1. The molecule has 4 heterocycles. The summed E-state index contributed by atoms with van der Waals surface area (Å²) in [6, 6.07) is 3.89. The van der Waals surface area contributed by atoms with Crippen LogP contribution >= 0.6 is 0 Å². The van der Waals surface area contributed by atoms with Crippen LogP contribution in [0.15, 0.2) is 18.3 Å². The van der Waals surface area contributed by atoms with Gasteiger partial charge in [-0.25, -0.2) is 9.97 Å². The third-order valence-electron chi connectivity index (χ3n) is 5.25. The Kier molecular flexibility index (Phi) is 4.11. The molecule has 0 atom stereocenters. The van der Waals surface area contributed by atoms with E-state index in [2.05, 4.69) is 25.2 Å². The Morgan fingerprint density at radius 2 is 1.96 bits per heavy atom. The van der Waals surface area contributed by atoms with Gasteiger partial charge in [-0.3, -0.25) is 9.78 Å². The summed E-state index contributed by atoms with van der Waals surface area (Å²) in [5.74, 6) is 1.30. The number of nitrogens with one attached hydrogen (secondary N) is 1. The lowest BCUT2D eigenvalue weighted by Crippen LogP contribution is -2.44. The molecule has 2 aliphatic rings. The third kappa shape index (κ3) is 2.92. The molecule has 26 heavy (non-hydrogen) atoms. The summed E-state index contributed by atoms with van der Waals surface area (Å²) in [6.07, 6.45) is 3.68. The summed E-state index contributed by atoms with van der Waals surface area (Å²) in [6.45, 7) is 5.73. The van der Waals surface area contributed by atoms with Crippen LogP contribution in [0.25, 0.3) is 0 Å². The standard InChI is InChI=1S/C19H23N5O2/c1-12-3-4-15(21-11-12)19(26)6-9-24(10-7-19)17-14-5-8-20-18(25)16(14)22-13(2)23-17/h3-4,11,26H,5-10H2,1-2H3,(H,20,25). The van der Waals surface area contributed by atoms with Crippen molar-refractivity contribution in [3.8, 4) is 0 Å². The lowest BCUT2D eigenvalue weighted by molar-refractivity contribution is 0.00743. The fraction of sp³-hybridized carbons (Fsp3) is 0.474. The average Bonchev–Trinajstić information content (AvgIpc) is 2.63. The Labute approximate surface area is 152 Å². The zero-order valence-electron chi connectivity index (χ0n) is 15.1. The van der Waals surface area contributed by atoms with Crippen molar-refractivity contribution < 1.29 is 9.90 Å². The minimum atomic E-state index is -0.913. The molecule has 1 fully saturated rings. The second kappa shape index (κ2) is 6.32. The predicted molar refractivity (Wildman–Crippen MR) is 97.1 cm³/mol. The number of hydrogen-bond donors (Lipinski definition) is 2. The Morgan fingerprint density at radius 3 is 2.65 bits per heavy atom. The third-order valence-corrected chi connectivity index (χ3v) is 5.25. The second-order valence-corrected chi connectivity index (χ2v) is 7.17. The van der Waals surface area contributed by atoms with E-state index < -0.39 is 5.60 Å². The van der Waals surface area contributed by atoms with Crippen molar-refractivity contribution in [2.24, 2.45) is 0 Å². The number of piperidine rings is 1. The van der Waals surface area contributed by atoms with Gasteiger partial charge >= 0.3 is 0 Å². The first kappa shape index (κ1) is 16.9. The van der Waals surface area contributed by atoms with Gasteiger partial charge in [0.2, 0.25) is 0 Å². The number of aromatic nitrogens is 3. The molecule has 1 saturated heterocycles. The van der Waals surface area contributed by atoms with Crippen molar-refractivity contribution in [2.45, 2.75) is 38.7 Å². The van der Waals surface area contributed by atoms with Gasteiger partial charge in [0, 0.05) is 31.4 Å². The van der Waals surface area contributed by atoms with Crippen molar-refractivity contribution in [3.05, 3.63) is 46.7 Å². The fourth-order valence-electron chi connectivity index (χ4n) is 3.73. The molecule has 1 amide bonds. The minimum absolute atomic E-state index is 0.129. The number of carbonyl (C=O) groups excluding carboxylic acids is 1. The number of fused-ring (bicyclic) bond motifs is 1. The molecular formula is C19H23N5O2. The molecule has 136 valence electrons. The van der Waals surface area contributed by atoms with Gasteiger partial charge in [-0.1, -0.05) is 6.07 Å². The lowest BCUT2D eigenvalue weighted by atomic mass is 9.87. The number of aliphatic hydroxyl groups is 1. The smallest absolute Gasteiger partial charge is 0.270 e. The normalized spacial score (nSPS) is 19.0. The van der Waals surface area contributed by atoms with E-state index in [0.29, 0.717) is 44.0 Å². The fourth-order valence-corrected chi connectivity index (χ4v) is 3.73. The SMILES string of the molecule is Cc1ccc(C2(O)CCN(c3nc(C)nc4c3CCNC4=O)CC2)nc1. The van der Waals surface area contributed by atoms with E-state index in [4.69, 9.17) is 0 Å².